The Hall–Kier alpha value is -1.66. The number of hydrogen-bond acceptors (Lipinski definition) is 4. The summed E-state index contributed by atoms with van der Waals surface area (Å²) in [6, 6.07) is 3.46. The van der Waals surface area contributed by atoms with Gasteiger partial charge >= 0.3 is 5.97 Å². The molecule has 1 aliphatic heterocycles. The summed E-state index contributed by atoms with van der Waals surface area (Å²) >= 11 is 1.28. The average Bonchev–Trinajstić information content (AvgIpc) is 2.92. The van der Waals surface area contributed by atoms with E-state index in [4.69, 9.17) is 9.84 Å². The van der Waals surface area contributed by atoms with E-state index in [-0.39, 0.29) is 5.91 Å². The molecule has 5 nitrogen and oxygen atoms in total. The third-order valence-electron chi connectivity index (χ3n) is 3.13. The van der Waals surface area contributed by atoms with Crippen LogP contribution in [-0.4, -0.2) is 36.7 Å². The van der Waals surface area contributed by atoms with Crippen molar-refractivity contribution in [2.45, 2.75) is 12.8 Å². The van der Waals surface area contributed by atoms with Crippen LogP contribution in [0.25, 0.3) is 6.08 Å². The first kappa shape index (κ1) is 14.7. The molecule has 0 aromatic carbocycles. The molecule has 6 heteroatoms. The normalized spacial score (nSPS) is 16.4. The predicted octanol–water partition coefficient (Wildman–Crippen LogP) is 2.00. The van der Waals surface area contributed by atoms with E-state index in [9.17, 15) is 9.59 Å². The number of rotatable bonds is 5. The number of amides is 1. The Morgan fingerprint density at radius 2 is 2.15 bits per heavy atom. The highest BCUT2D eigenvalue weighted by atomic mass is 32.1. The van der Waals surface area contributed by atoms with Gasteiger partial charge in [-0.1, -0.05) is 0 Å². The van der Waals surface area contributed by atoms with Crippen LogP contribution in [0.15, 0.2) is 18.2 Å². The maximum Gasteiger partial charge on any atom is 0.328 e. The van der Waals surface area contributed by atoms with E-state index < -0.39 is 5.97 Å². The molecule has 1 aromatic heterocycles. The van der Waals surface area contributed by atoms with Crippen molar-refractivity contribution in [1.82, 2.24) is 5.32 Å². The fraction of sp³-hybridized carbons (Fsp3) is 0.429. The van der Waals surface area contributed by atoms with Gasteiger partial charge in [0.1, 0.15) is 0 Å². The highest BCUT2D eigenvalue weighted by molar-refractivity contribution is 7.14. The van der Waals surface area contributed by atoms with Gasteiger partial charge in [0.2, 0.25) is 0 Å². The van der Waals surface area contributed by atoms with Gasteiger partial charge in [0, 0.05) is 30.7 Å². The first-order valence-corrected chi connectivity index (χ1v) is 7.33. The minimum Gasteiger partial charge on any atom is -0.478 e. The monoisotopic (exact) mass is 295 g/mol. The lowest BCUT2D eigenvalue weighted by atomic mass is 10.0. The molecule has 0 spiro atoms. The van der Waals surface area contributed by atoms with Crippen LogP contribution in [0.1, 0.15) is 27.4 Å². The van der Waals surface area contributed by atoms with Gasteiger partial charge in [-0.05, 0) is 37.0 Å². The zero-order valence-electron chi connectivity index (χ0n) is 11.0. The number of ether oxygens (including phenoxy) is 1. The number of carboxylic acids is 1. The van der Waals surface area contributed by atoms with Gasteiger partial charge in [0.15, 0.2) is 0 Å². The maximum absolute atomic E-state index is 12.0. The molecular formula is C14H17NO4S. The van der Waals surface area contributed by atoms with Crippen LogP contribution >= 0.6 is 11.3 Å². The van der Waals surface area contributed by atoms with Crippen LogP contribution in [0.5, 0.6) is 0 Å². The molecule has 2 rings (SSSR count). The molecule has 1 saturated heterocycles. The lowest BCUT2D eigenvalue weighted by molar-refractivity contribution is -0.131. The molecule has 0 atom stereocenters. The highest BCUT2D eigenvalue weighted by Crippen LogP contribution is 2.18. The Morgan fingerprint density at radius 3 is 2.85 bits per heavy atom. The van der Waals surface area contributed by atoms with Crippen molar-refractivity contribution in [2.75, 3.05) is 19.8 Å². The Balaban J connectivity index is 1.84. The lowest BCUT2D eigenvalue weighted by Gasteiger charge is -2.21. The maximum atomic E-state index is 12.0. The Bertz CT molecular complexity index is 503. The van der Waals surface area contributed by atoms with Gasteiger partial charge in [-0.25, -0.2) is 4.79 Å². The van der Waals surface area contributed by atoms with Crippen LogP contribution in [0.4, 0.5) is 0 Å². The smallest absolute Gasteiger partial charge is 0.328 e. The summed E-state index contributed by atoms with van der Waals surface area (Å²) in [5.41, 5.74) is 0. The number of carboxylic acid groups (broad SMARTS) is 1. The molecular weight excluding hydrogens is 278 g/mol. The molecule has 0 unspecified atom stereocenters. The second-order valence-corrected chi connectivity index (χ2v) is 5.75. The van der Waals surface area contributed by atoms with Gasteiger partial charge in [0.25, 0.3) is 5.91 Å². The highest BCUT2D eigenvalue weighted by Gasteiger charge is 2.15. The van der Waals surface area contributed by atoms with Crippen LogP contribution in [0, 0.1) is 5.92 Å². The van der Waals surface area contributed by atoms with E-state index in [1.54, 1.807) is 12.1 Å². The van der Waals surface area contributed by atoms with Crippen LogP contribution in [-0.2, 0) is 9.53 Å². The summed E-state index contributed by atoms with van der Waals surface area (Å²) in [6.07, 6.45) is 4.52. The number of nitrogens with one attached hydrogen (secondary N) is 1. The fourth-order valence-corrected chi connectivity index (χ4v) is 2.82. The zero-order chi connectivity index (χ0) is 14.4. The molecule has 1 amide bonds. The third kappa shape index (κ3) is 4.47. The topological polar surface area (TPSA) is 75.6 Å². The lowest BCUT2D eigenvalue weighted by Crippen LogP contribution is -2.31. The molecule has 0 saturated carbocycles. The Morgan fingerprint density at radius 1 is 1.40 bits per heavy atom. The van der Waals surface area contributed by atoms with Crippen molar-refractivity contribution in [3.63, 3.8) is 0 Å². The number of carbonyl (C=O) groups is 2. The fourth-order valence-electron chi connectivity index (χ4n) is 1.99. The molecule has 0 aliphatic carbocycles. The van der Waals surface area contributed by atoms with E-state index in [0.29, 0.717) is 17.3 Å². The molecule has 108 valence electrons. The minimum absolute atomic E-state index is 0.100. The summed E-state index contributed by atoms with van der Waals surface area (Å²) in [5, 5.41) is 11.5. The van der Waals surface area contributed by atoms with Gasteiger partial charge in [-0.3, -0.25) is 4.79 Å². The molecule has 1 aromatic rings. The van der Waals surface area contributed by atoms with Gasteiger partial charge < -0.3 is 15.2 Å². The third-order valence-corrected chi connectivity index (χ3v) is 4.18. The first-order valence-electron chi connectivity index (χ1n) is 6.52. The second-order valence-electron chi connectivity index (χ2n) is 4.64. The van der Waals surface area contributed by atoms with Crippen LogP contribution < -0.4 is 5.32 Å². The largest absolute Gasteiger partial charge is 0.478 e. The molecule has 20 heavy (non-hydrogen) atoms. The van der Waals surface area contributed by atoms with Crippen molar-refractivity contribution >= 4 is 29.3 Å². The number of carbonyl (C=O) groups excluding carboxylic acids is 1. The van der Waals surface area contributed by atoms with Gasteiger partial charge in [-0.2, -0.15) is 0 Å². The molecule has 2 heterocycles. The van der Waals surface area contributed by atoms with Crippen molar-refractivity contribution < 1.29 is 19.4 Å². The Labute approximate surface area is 121 Å². The van der Waals surface area contributed by atoms with E-state index in [1.807, 2.05) is 0 Å². The van der Waals surface area contributed by atoms with E-state index in [0.717, 1.165) is 37.0 Å². The van der Waals surface area contributed by atoms with Gasteiger partial charge in [0.05, 0.1) is 4.88 Å². The Kier molecular flexibility index (Phi) is 5.31. The number of thiophene rings is 1. The molecule has 2 N–H and O–H groups in total. The summed E-state index contributed by atoms with van der Waals surface area (Å²) in [7, 11) is 0. The standard InChI is InChI=1S/C14H17NO4S/c16-13(17)4-2-11-1-3-12(20-11)14(18)15-9-10-5-7-19-8-6-10/h1-4,10H,5-9H2,(H,15,18)(H,16,17). The van der Waals surface area contributed by atoms with Crippen molar-refractivity contribution in [2.24, 2.45) is 5.92 Å². The van der Waals surface area contributed by atoms with E-state index in [1.165, 1.54) is 17.4 Å². The quantitative estimate of drug-likeness (QED) is 0.815. The first-order chi connectivity index (χ1) is 9.65. The van der Waals surface area contributed by atoms with Crippen molar-refractivity contribution in [1.29, 1.82) is 0 Å². The van der Waals surface area contributed by atoms with Crippen molar-refractivity contribution in [3.8, 4) is 0 Å². The summed E-state index contributed by atoms with van der Waals surface area (Å²) in [6.45, 7) is 2.20. The summed E-state index contributed by atoms with van der Waals surface area (Å²) < 4.78 is 5.27. The van der Waals surface area contributed by atoms with Crippen molar-refractivity contribution in [3.05, 3.63) is 28.0 Å². The van der Waals surface area contributed by atoms with Crippen LogP contribution in [0.2, 0.25) is 0 Å². The minimum atomic E-state index is -0.996. The number of aliphatic carboxylic acids is 1. The predicted molar refractivity (Wildman–Crippen MR) is 76.9 cm³/mol. The van der Waals surface area contributed by atoms with E-state index in [2.05, 4.69) is 5.32 Å². The average molecular weight is 295 g/mol. The second kappa shape index (κ2) is 7.21. The zero-order valence-corrected chi connectivity index (χ0v) is 11.8. The molecule has 0 bridgehead atoms. The van der Waals surface area contributed by atoms with Crippen LogP contribution in [0.3, 0.4) is 0 Å². The SMILES string of the molecule is O=C(O)C=Cc1ccc(C(=O)NCC2CCOCC2)s1. The number of hydrogen-bond donors (Lipinski definition) is 2. The molecule has 0 radical (unpaired) electrons. The van der Waals surface area contributed by atoms with E-state index >= 15 is 0 Å². The molecule has 1 aliphatic rings. The van der Waals surface area contributed by atoms with Gasteiger partial charge in [-0.15, -0.1) is 11.3 Å². The molecule has 1 fully saturated rings. The summed E-state index contributed by atoms with van der Waals surface area (Å²) in [4.78, 5) is 23.7. The summed E-state index contributed by atoms with van der Waals surface area (Å²) in [5.74, 6) is -0.612.